The molecule has 2 nitrogen and oxygen atoms in total. The number of allylic oxidation sites excluding steroid dienone is 1. The molecule has 0 aliphatic rings. The predicted molar refractivity (Wildman–Crippen MR) is 46.4 cm³/mol. The van der Waals surface area contributed by atoms with Gasteiger partial charge >= 0.3 is 0 Å². The fourth-order valence-corrected chi connectivity index (χ4v) is 0.718. The molecule has 2 N–H and O–H groups in total. The van der Waals surface area contributed by atoms with Crippen LogP contribution in [0.4, 0.5) is 0 Å². The van der Waals surface area contributed by atoms with Gasteiger partial charge in [0.05, 0.1) is 12.2 Å². The van der Waals surface area contributed by atoms with Crippen LogP contribution < -0.4 is 0 Å². The first-order valence-corrected chi connectivity index (χ1v) is 4.21. The Hall–Kier alpha value is -0.340. The van der Waals surface area contributed by atoms with E-state index in [0.29, 0.717) is 0 Å². The summed E-state index contributed by atoms with van der Waals surface area (Å²) in [5.41, 5.74) is 0. The van der Waals surface area contributed by atoms with Gasteiger partial charge in [0, 0.05) is 0 Å². The average Bonchev–Trinajstić information content (AvgIpc) is 1.97. The lowest BCUT2D eigenvalue weighted by Crippen LogP contribution is -2.19. The van der Waals surface area contributed by atoms with Crippen LogP contribution >= 0.6 is 0 Å². The zero-order valence-corrected chi connectivity index (χ0v) is 7.33. The van der Waals surface area contributed by atoms with Crippen molar-refractivity contribution in [3.8, 4) is 0 Å². The van der Waals surface area contributed by atoms with E-state index in [2.05, 4.69) is 6.92 Å². The van der Waals surface area contributed by atoms with Crippen LogP contribution in [-0.2, 0) is 0 Å². The van der Waals surface area contributed by atoms with Gasteiger partial charge in [0.25, 0.3) is 0 Å². The van der Waals surface area contributed by atoms with Crippen molar-refractivity contribution in [2.24, 2.45) is 0 Å². The molecular weight excluding hydrogens is 140 g/mol. The van der Waals surface area contributed by atoms with E-state index in [0.717, 1.165) is 19.3 Å². The SMILES string of the molecule is CCCCC=CC(O)C(C)O. The number of rotatable bonds is 5. The summed E-state index contributed by atoms with van der Waals surface area (Å²) in [6.45, 7) is 3.70. The van der Waals surface area contributed by atoms with Crippen molar-refractivity contribution in [3.63, 3.8) is 0 Å². The Kier molecular flexibility index (Phi) is 6.18. The third-order valence-electron chi connectivity index (χ3n) is 1.55. The van der Waals surface area contributed by atoms with Crippen LogP contribution in [0.2, 0.25) is 0 Å². The fourth-order valence-electron chi connectivity index (χ4n) is 0.718. The Morgan fingerprint density at radius 2 is 2.00 bits per heavy atom. The van der Waals surface area contributed by atoms with Crippen molar-refractivity contribution in [2.75, 3.05) is 0 Å². The molecule has 0 rings (SSSR count). The Morgan fingerprint density at radius 3 is 2.45 bits per heavy atom. The van der Waals surface area contributed by atoms with Gasteiger partial charge in [-0.15, -0.1) is 0 Å². The number of aliphatic hydroxyl groups excluding tert-OH is 2. The molecule has 2 atom stereocenters. The highest BCUT2D eigenvalue weighted by Crippen LogP contribution is 1.98. The van der Waals surface area contributed by atoms with Gasteiger partial charge in [-0.1, -0.05) is 31.9 Å². The van der Waals surface area contributed by atoms with Gasteiger partial charge in [0.15, 0.2) is 0 Å². The van der Waals surface area contributed by atoms with Gasteiger partial charge in [0.2, 0.25) is 0 Å². The Morgan fingerprint density at radius 1 is 1.36 bits per heavy atom. The maximum absolute atomic E-state index is 9.09. The number of aliphatic hydroxyl groups is 2. The summed E-state index contributed by atoms with van der Waals surface area (Å²) in [5.74, 6) is 0. The quantitative estimate of drug-likeness (QED) is 0.470. The molecule has 0 aromatic rings. The molecule has 0 aliphatic heterocycles. The summed E-state index contributed by atoms with van der Waals surface area (Å²) in [4.78, 5) is 0. The van der Waals surface area contributed by atoms with Crippen molar-refractivity contribution in [1.82, 2.24) is 0 Å². The monoisotopic (exact) mass is 158 g/mol. The highest BCUT2D eigenvalue weighted by molar-refractivity contribution is 4.90. The van der Waals surface area contributed by atoms with Gasteiger partial charge < -0.3 is 10.2 Å². The normalized spacial score (nSPS) is 17.1. The van der Waals surface area contributed by atoms with Crippen molar-refractivity contribution >= 4 is 0 Å². The Labute approximate surface area is 68.6 Å². The van der Waals surface area contributed by atoms with E-state index in [1.165, 1.54) is 0 Å². The Balaban J connectivity index is 3.40. The summed E-state index contributed by atoms with van der Waals surface area (Å²) >= 11 is 0. The van der Waals surface area contributed by atoms with E-state index >= 15 is 0 Å². The second kappa shape index (κ2) is 6.38. The number of hydrogen-bond acceptors (Lipinski definition) is 2. The summed E-state index contributed by atoms with van der Waals surface area (Å²) < 4.78 is 0. The van der Waals surface area contributed by atoms with Crippen LogP contribution in [0, 0.1) is 0 Å². The largest absolute Gasteiger partial charge is 0.390 e. The summed E-state index contributed by atoms with van der Waals surface area (Å²) in [6, 6.07) is 0. The molecule has 0 aromatic heterocycles. The van der Waals surface area contributed by atoms with Gasteiger partial charge in [0.1, 0.15) is 0 Å². The van der Waals surface area contributed by atoms with Gasteiger partial charge in [-0.3, -0.25) is 0 Å². The van der Waals surface area contributed by atoms with E-state index in [9.17, 15) is 0 Å². The first-order chi connectivity index (χ1) is 5.18. The summed E-state index contributed by atoms with van der Waals surface area (Å²) in [5, 5.41) is 18.0. The highest BCUT2D eigenvalue weighted by Gasteiger charge is 2.04. The van der Waals surface area contributed by atoms with Crippen molar-refractivity contribution < 1.29 is 10.2 Å². The molecule has 0 amide bonds. The van der Waals surface area contributed by atoms with Crippen LogP contribution in [0.15, 0.2) is 12.2 Å². The predicted octanol–water partition coefficient (Wildman–Crippen LogP) is 1.47. The van der Waals surface area contributed by atoms with Crippen LogP contribution in [-0.4, -0.2) is 22.4 Å². The third-order valence-corrected chi connectivity index (χ3v) is 1.55. The second-order valence-corrected chi connectivity index (χ2v) is 2.80. The van der Waals surface area contributed by atoms with E-state index in [1.54, 1.807) is 13.0 Å². The average molecular weight is 158 g/mol. The van der Waals surface area contributed by atoms with E-state index in [4.69, 9.17) is 10.2 Å². The lowest BCUT2D eigenvalue weighted by molar-refractivity contribution is 0.0617. The van der Waals surface area contributed by atoms with Gasteiger partial charge in [-0.2, -0.15) is 0 Å². The van der Waals surface area contributed by atoms with E-state index in [-0.39, 0.29) is 0 Å². The first kappa shape index (κ1) is 10.7. The molecule has 66 valence electrons. The van der Waals surface area contributed by atoms with Crippen molar-refractivity contribution in [2.45, 2.75) is 45.3 Å². The maximum atomic E-state index is 9.09. The molecule has 0 fully saturated rings. The number of hydrogen-bond donors (Lipinski definition) is 2. The smallest absolute Gasteiger partial charge is 0.0977 e. The molecule has 0 aromatic carbocycles. The minimum Gasteiger partial charge on any atom is -0.390 e. The molecule has 2 unspecified atom stereocenters. The van der Waals surface area contributed by atoms with Crippen molar-refractivity contribution in [3.05, 3.63) is 12.2 Å². The summed E-state index contributed by atoms with van der Waals surface area (Å²) in [6.07, 6.45) is 5.50. The molecule has 2 heteroatoms. The van der Waals surface area contributed by atoms with Gasteiger partial charge in [-0.05, 0) is 13.3 Å². The van der Waals surface area contributed by atoms with Crippen LogP contribution in [0.3, 0.4) is 0 Å². The van der Waals surface area contributed by atoms with Crippen LogP contribution in [0.25, 0.3) is 0 Å². The lowest BCUT2D eigenvalue weighted by Gasteiger charge is -2.07. The molecule has 0 saturated heterocycles. The Bertz CT molecular complexity index is 108. The molecule has 0 aliphatic carbocycles. The standard InChI is InChI=1S/C9H18O2/c1-3-4-5-6-7-9(11)8(2)10/h6-11H,3-5H2,1-2H3. The summed E-state index contributed by atoms with van der Waals surface area (Å²) in [7, 11) is 0. The molecule has 0 radical (unpaired) electrons. The zero-order valence-electron chi connectivity index (χ0n) is 7.33. The molecule has 0 heterocycles. The van der Waals surface area contributed by atoms with Crippen LogP contribution in [0.1, 0.15) is 33.1 Å². The maximum Gasteiger partial charge on any atom is 0.0977 e. The minimum absolute atomic E-state index is 0.659. The zero-order chi connectivity index (χ0) is 8.69. The fraction of sp³-hybridized carbons (Fsp3) is 0.778. The van der Waals surface area contributed by atoms with Crippen LogP contribution in [0.5, 0.6) is 0 Å². The van der Waals surface area contributed by atoms with Gasteiger partial charge in [-0.25, -0.2) is 0 Å². The molecule has 0 saturated carbocycles. The molecule has 0 bridgehead atoms. The molecular formula is C9H18O2. The molecule has 11 heavy (non-hydrogen) atoms. The molecule has 0 spiro atoms. The highest BCUT2D eigenvalue weighted by atomic mass is 16.3. The first-order valence-electron chi connectivity index (χ1n) is 4.21. The third kappa shape index (κ3) is 6.07. The van der Waals surface area contributed by atoms with E-state index < -0.39 is 12.2 Å². The lowest BCUT2D eigenvalue weighted by atomic mass is 10.2. The van der Waals surface area contributed by atoms with Crippen molar-refractivity contribution in [1.29, 1.82) is 0 Å². The topological polar surface area (TPSA) is 40.5 Å². The second-order valence-electron chi connectivity index (χ2n) is 2.80. The number of unbranched alkanes of at least 4 members (excludes halogenated alkanes) is 2. The van der Waals surface area contributed by atoms with E-state index in [1.807, 2.05) is 6.08 Å². The minimum atomic E-state index is -0.702.